The van der Waals surface area contributed by atoms with Gasteiger partial charge in [0.1, 0.15) is 35.5 Å². The lowest BCUT2D eigenvalue weighted by molar-refractivity contribution is 0.297. The fourth-order valence-electron chi connectivity index (χ4n) is 1.88. The van der Waals surface area contributed by atoms with Crippen LogP contribution in [0.25, 0.3) is 0 Å². The molecule has 0 aliphatic heterocycles. The van der Waals surface area contributed by atoms with Crippen LogP contribution in [0.4, 0.5) is 8.78 Å². The van der Waals surface area contributed by atoms with E-state index in [4.69, 9.17) is 38.0 Å². The van der Waals surface area contributed by atoms with Gasteiger partial charge in [-0.3, -0.25) is 0 Å². The first-order valence-corrected chi connectivity index (χ1v) is 8.23. The van der Waals surface area contributed by atoms with Crippen molar-refractivity contribution in [3.8, 4) is 17.2 Å². The minimum absolute atomic E-state index is 0.0378. The molecule has 4 nitrogen and oxygen atoms in total. The lowest BCUT2D eigenvalue weighted by atomic mass is 10.3. The Morgan fingerprint density at radius 2 is 1.84 bits per heavy atom. The first kappa shape index (κ1) is 19.2. The third kappa shape index (κ3) is 6.36. The monoisotopic (exact) mass is 387 g/mol. The SMILES string of the molecule is CCOC(=S)NCCOc1ccc(Oc2cc(F)cc(F)c2)cc1Cl. The smallest absolute Gasteiger partial charge is 0.256 e. The molecule has 0 unspecified atom stereocenters. The summed E-state index contributed by atoms with van der Waals surface area (Å²) in [6, 6.07) is 7.61. The summed E-state index contributed by atoms with van der Waals surface area (Å²) >= 11 is 11.0. The molecule has 0 atom stereocenters. The van der Waals surface area contributed by atoms with Gasteiger partial charge in [0.2, 0.25) is 0 Å². The Bertz CT molecular complexity index is 726. The molecule has 0 spiro atoms. The van der Waals surface area contributed by atoms with Crippen LogP contribution in [0.1, 0.15) is 6.92 Å². The fraction of sp³-hybridized carbons (Fsp3) is 0.235. The number of hydrogen-bond donors (Lipinski definition) is 1. The molecular formula is C17H16ClF2NO3S. The van der Waals surface area contributed by atoms with Crippen molar-refractivity contribution in [1.29, 1.82) is 0 Å². The molecule has 0 aliphatic carbocycles. The number of nitrogens with one attached hydrogen (secondary N) is 1. The van der Waals surface area contributed by atoms with Gasteiger partial charge in [-0.05, 0) is 31.3 Å². The van der Waals surface area contributed by atoms with Crippen LogP contribution in [-0.2, 0) is 4.74 Å². The molecule has 134 valence electrons. The van der Waals surface area contributed by atoms with Gasteiger partial charge in [0.05, 0.1) is 18.2 Å². The molecule has 0 fully saturated rings. The van der Waals surface area contributed by atoms with Crippen molar-refractivity contribution in [2.24, 2.45) is 0 Å². The summed E-state index contributed by atoms with van der Waals surface area (Å²) in [5.41, 5.74) is 0. The van der Waals surface area contributed by atoms with E-state index in [1.165, 1.54) is 6.07 Å². The van der Waals surface area contributed by atoms with E-state index < -0.39 is 11.6 Å². The number of thiocarbonyl (C=S) groups is 1. The Morgan fingerprint density at radius 1 is 1.12 bits per heavy atom. The number of rotatable bonds is 7. The Morgan fingerprint density at radius 3 is 2.48 bits per heavy atom. The van der Waals surface area contributed by atoms with E-state index in [9.17, 15) is 8.78 Å². The summed E-state index contributed by atoms with van der Waals surface area (Å²) in [5, 5.41) is 3.49. The fourth-order valence-corrected chi connectivity index (χ4v) is 2.33. The summed E-state index contributed by atoms with van der Waals surface area (Å²) < 4.78 is 42.3. The van der Waals surface area contributed by atoms with Gasteiger partial charge in [-0.2, -0.15) is 0 Å². The maximum Gasteiger partial charge on any atom is 0.256 e. The van der Waals surface area contributed by atoms with Gasteiger partial charge in [-0.1, -0.05) is 11.6 Å². The maximum absolute atomic E-state index is 13.2. The maximum atomic E-state index is 13.2. The summed E-state index contributed by atoms with van der Waals surface area (Å²) in [7, 11) is 0. The van der Waals surface area contributed by atoms with Crippen LogP contribution in [0.5, 0.6) is 17.2 Å². The number of ether oxygens (including phenoxy) is 3. The van der Waals surface area contributed by atoms with Crippen LogP contribution in [0.15, 0.2) is 36.4 Å². The Balaban J connectivity index is 1.90. The van der Waals surface area contributed by atoms with Crippen molar-refractivity contribution in [2.45, 2.75) is 6.92 Å². The van der Waals surface area contributed by atoms with Gasteiger partial charge >= 0.3 is 0 Å². The highest BCUT2D eigenvalue weighted by molar-refractivity contribution is 7.80. The van der Waals surface area contributed by atoms with Crippen molar-refractivity contribution in [3.63, 3.8) is 0 Å². The average Bonchev–Trinajstić information content (AvgIpc) is 2.52. The third-order valence-corrected chi connectivity index (χ3v) is 3.44. The first-order valence-electron chi connectivity index (χ1n) is 7.45. The van der Waals surface area contributed by atoms with Gasteiger partial charge in [0.15, 0.2) is 0 Å². The zero-order chi connectivity index (χ0) is 18.2. The van der Waals surface area contributed by atoms with Crippen molar-refractivity contribution in [1.82, 2.24) is 5.32 Å². The van der Waals surface area contributed by atoms with Gasteiger partial charge in [-0.25, -0.2) is 8.78 Å². The molecule has 0 saturated carbocycles. The largest absolute Gasteiger partial charge is 0.490 e. The molecule has 0 amide bonds. The first-order chi connectivity index (χ1) is 12.0. The van der Waals surface area contributed by atoms with E-state index in [1.807, 2.05) is 6.92 Å². The summed E-state index contributed by atoms with van der Waals surface area (Å²) in [5.74, 6) is -0.630. The molecular weight excluding hydrogens is 372 g/mol. The second-order valence-electron chi connectivity index (χ2n) is 4.80. The minimum Gasteiger partial charge on any atom is -0.490 e. The molecule has 25 heavy (non-hydrogen) atoms. The zero-order valence-corrected chi connectivity index (χ0v) is 14.9. The van der Waals surface area contributed by atoms with Crippen molar-refractivity contribution in [2.75, 3.05) is 19.8 Å². The zero-order valence-electron chi connectivity index (χ0n) is 13.4. The van der Waals surface area contributed by atoms with Gasteiger partial charge in [0, 0.05) is 24.3 Å². The van der Waals surface area contributed by atoms with Crippen LogP contribution in [0.3, 0.4) is 0 Å². The van der Waals surface area contributed by atoms with E-state index in [-0.39, 0.29) is 5.75 Å². The predicted molar refractivity (Wildman–Crippen MR) is 95.6 cm³/mol. The molecule has 0 bridgehead atoms. The molecule has 0 saturated heterocycles. The number of hydrogen-bond acceptors (Lipinski definition) is 4. The second kappa shape index (κ2) is 9.39. The van der Waals surface area contributed by atoms with Crippen molar-refractivity contribution < 1.29 is 23.0 Å². The summed E-state index contributed by atoms with van der Waals surface area (Å²) in [4.78, 5) is 0. The van der Waals surface area contributed by atoms with Gasteiger partial charge < -0.3 is 19.5 Å². The molecule has 2 aromatic carbocycles. The molecule has 0 aliphatic rings. The lowest BCUT2D eigenvalue weighted by Crippen LogP contribution is -2.28. The predicted octanol–water partition coefficient (Wildman–Crippen LogP) is 4.70. The molecule has 2 aromatic rings. The average molecular weight is 388 g/mol. The molecule has 0 heterocycles. The highest BCUT2D eigenvalue weighted by atomic mass is 35.5. The lowest BCUT2D eigenvalue weighted by Gasteiger charge is -2.12. The molecule has 1 N–H and O–H groups in total. The standard InChI is InChI=1S/C17H16ClF2NO3S/c1-2-22-17(25)21-5-6-23-16-4-3-13(10-15(16)18)24-14-8-11(19)7-12(20)9-14/h3-4,7-10H,2,5-6H2,1H3,(H,21,25). The molecule has 0 aromatic heterocycles. The molecule has 8 heteroatoms. The minimum atomic E-state index is -0.724. The Labute approximate surface area is 154 Å². The highest BCUT2D eigenvalue weighted by Crippen LogP contribution is 2.31. The number of benzene rings is 2. The van der Waals surface area contributed by atoms with E-state index in [2.05, 4.69) is 5.32 Å². The molecule has 2 rings (SSSR count). The molecule has 0 radical (unpaired) electrons. The number of halogens is 3. The van der Waals surface area contributed by atoms with Crippen LogP contribution in [-0.4, -0.2) is 24.9 Å². The van der Waals surface area contributed by atoms with Crippen LogP contribution in [0.2, 0.25) is 5.02 Å². The third-order valence-electron chi connectivity index (χ3n) is 2.88. The van der Waals surface area contributed by atoms with Crippen molar-refractivity contribution in [3.05, 3.63) is 53.1 Å². The van der Waals surface area contributed by atoms with E-state index in [0.717, 1.165) is 18.2 Å². The van der Waals surface area contributed by atoms with Crippen LogP contribution >= 0.6 is 23.8 Å². The van der Waals surface area contributed by atoms with Gasteiger partial charge in [0.25, 0.3) is 5.17 Å². The van der Waals surface area contributed by atoms with E-state index >= 15 is 0 Å². The summed E-state index contributed by atoms with van der Waals surface area (Å²) in [6.45, 7) is 3.11. The Kier molecular flexibility index (Phi) is 7.21. The second-order valence-corrected chi connectivity index (χ2v) is 5.57. The van der Waals surface area contributed by atoms with E-state index in [0.29, 0.717) is 41.5 Å². The van der Waals surface area contributed by atoms with Crippen LogP contribution in [0, 0.1) is 11.6 Å². The van der Waals surface area contributed by atoms with Gasteiger partial charge in [-0.15, -0.1) is 0 Å². The quantitative estimate of drug-likeness (QED) is 0.550. The topological polar surface area (TPSA) is 39.7 Å². The van der Waals surface area contributed by atoms with Crippen LogP contribution < -0.4 is 14.8 Å². The highest BCUT2D eigenvalue weighted by Gasteiger charge is 2.07. The van der Waals surface area contributed by atoms with Crippen molar-refractivity contribution >= 4 is 29.0 Å². The van der Waals surface area contributed by atoms with E-state index in [1.54, 1.807) is 12.1 Å². The summed E-state index contributed by atoms with van der Waals surface area (Å²) in [6.07, 6.45) is 0. The normalized spacial score (nSPS) is 10.2. The Hall–Kier alpha value is -2.12.